The molecule has 0 radical (unpaired) electrons. The Morgan fingerprint density at radius 2 is 1.64 bits per heavy atom. The summed E-state index contributed by atoms with van der Waals surface area (Å²) in [5.41, 5.74) is 4.59. The Morgan fingerprint density at radius 1 is 1.00 bits per heavy atom. The maximum absolute atomic E-state index is 13.5. The maximum Gasteiger partial charge on any atom is 0.243 e. The van der Waals surface area contributed by atoms with Crippen LogP contribution >= 0.6 is 0 Å². The van der Waals surface area contributed by atoms with Gasteiger partial charge in [-0.05, 0) is 70.2 Å². The van der Waals surface area contributed by atoms with E-state index in [-0.39, 0.29) is 30.8 Å². The smallest absolute Gasteiger partial charge is 0.243 e. The lowest BCUT2D eigenvalue weighted by Gasteiger charge is -2.32. The number of benzene rings is 2. The van der Waals surface area contributed by atoms with Crippen molar-refractivity contribution >= 4 is 27.5 Å². The minimum atomic E-state index is -3.53. The zero-order chi connectivity index (χ0) is 27.0. The molecule has 0 aromatic heterocycles. The molecule has 1 N–H and O–H groups in total. The normalized spacial score (nSPS) is 12.3. The number of carbonyl (C=O) groups is 2. The van der Waals surface area contributed by atoms with Crippen molar-refractivity contribution in [3.05, 3.63) is 64.7 Å². The van der Waals surface area contributed by atoms with Gasteiger partial charge in [0.25, 0.3) is 0 Å². The lowest BCUT2D eigenvalue weighted by atomic mass is 10.1. The second kappa shape index (κ2) is 12.9. The molecule has 198 valence electrons. The summed E-state index contributed by atoms with van der Waals surface area (Å²) in [7, 11) is -3.53. The molecule has 0 spiro atoms. The molecule has 0 bridgehead atoms. The molecule has 2 aromatic rings. The van der Waals surface area contributed by atoms with E-state index in [2.05, 4.69) is 5.32 Å². The summed E-state index contributed by atoms with van der Waals surface area (Å²) in [6.45, 7) is 12.0. The molecule has 0 unspecified atom stereocenters. The van der Waals surface area contributed by atoms with Crippen LogP contribution < -0.4 is 9.62 Å². The zero-order valence-electron chi connectivity index (χ0n) is 22.7. The van der Waals surface area contributed by atoms with Gasteiger partial charge in [-0.1, -0.05) is 48.9 Å². The third kappa shape index (κ3) is 8.08. The second-order valence-corrected chi connectivity index (χ2v) is 11.7. The fraction of sp³-hybridized carbons (Fsp3) is 0.500. The molecule has 2 rings (SSSR count). The first-order chi connectivity index (χ1) is 16.8. The molecule has 36 heavy (non-hydrogen) atoms. The van der Waals surface area contributed by atoms with E-state index in [0.29, 0.717) is 25.1 Å². The number of anilines is 1. The highest BCUT2D eigenvalue weighted by atomic mass is 32.2. The quantitative estimate of drug-likeness (QED) is 0.451. The van der Waals surface area contributed by atoms with Crippen molar-refractivity contribution in [2.24, 2.45) is 0 Å². The van der Waals surface area contributed by atoms with Gasteiger partial charge in [-0.2, -0.15) is 0 Å². The SMILES string of the molecule is CC[C@H](C(=O)NC(C)C)N(Cc1ccc(C)cc1)C(=O)CCCN(c1cccc(C)c1C)S(C)(=O)=O. The molecule has 7 nitrogen and oxygen atoms in total. The van der Waals surface area contributed by atoms with Gasteiger partial charge in [-0.15, -0.1) is 0 Å². The molecule has 0 aliphatic carbocycles. The van der Waals surface area contributed by atoms with E-state index in [0.717, 1.165) is 22.3 Å². The van der Waals surface area contributed by atoms with Gasteiger partial charge in [0.05, 0.1) is 11.9 Å². The van der Waals surface area contributed by atoms with Crippen molar-refractivity contribution in [1.82, 2.24) is 10.2 Å². The summed E-state index contributed by atoms with van der Waals surface area (Å²) in [5, 5.41) is 2.93. The summed E-state index contributed by atoms with van der Waals surface area (Å²) >= 11 is 0. The molecule has 0 fully saturated rings. The molecule has 0 heterocycles. The number of amides is 2. The van der Waals surface area contributed by atoms with Crippen molar-refractivity contribution in [2.45, 2.75) is 79.4 Å². The van der Waals surface area contributed by atoms with E-state index in [1.807, 2.05) is 77.9 Å². The number of sulfonamides is 1. The van der Waals surface area contributed by atoms with Gasteiger partial charge in [0.2, 0.25) is 21.8 Å². The van der Waals surface area contributed by atoms with Gasteiger partial charge in [-0.3, -0.25) is 13.9 Å². The average Bonchev–Trinajstić information content (AvgIpc) is 2.78. The third-order valence-corrected chi connectivity index (χ3v) is 7.47. The van der Waals surface area contributed by atoms with Crippen LogP contribution in [0, 0.1) is 20.8 Å². The minimum absolute atomic E-state index is 0.0382. The molecule has 0 aliphatic rings. The number of nitrogens with zero attached hydrogens (tertiary/aromatic N) is 2. The molecular formula is C28H41N3O4S. The van der Waals surface area contributed by atoms with E-state index in [4.69, 9.17) is 0 Å². The van der Waals surface area contributed by atoms with Gasteiger partial charge in [0.15, 0.2) is 0 Å². The Morgan fingerprint density at radius 3 is 2.19 bits per heavy atom. The highest BCUT2D eigenvalue weighted by molar-refractivity contribution is 7.92. The van der Waals surface area contributed by atoms with Crippen LogP contribution in [0.1, 0.15) is 62.3 Å². The van der Waals surface area contributed by atoms with Crippen LogP contribution in [0.2, 0.25) is 0 Å². The Bertz CT molecular complexity index is 1140. The van der Waals surface area contributed by atoms with Crippen LogP contribution in [-0.2, 0) is 26.2 Å². The topological polar surface area (TPSA) is 86.8 Å². The number of aryl methyl sites for hydroxylation is 2. The van der Waals surface area contributed by atoms with Gasteiger partial charge in [-0.25, -0.2) is 8.42 Å². The van der Waals surface area contributed by atoms with Crippen molar-refractivity contribution < 1.29 is 18.0 Å². The number of nitrogens with one attached hydrogen (secondary N) is 1. The second-order valence-electron chi connectivity index (χ2n) is 9.75. The molecule has 0 saturated heterocycles. The monoisotopic (exact) mass is 515 g/mol. The highest BCUT2D eigenvalue weighted by Gasteiger charge is 2.29. The molecule has 1 atom stereocenters. The van der Waals surface area contributed by atoms with Crippen LogP contribution in [0.4, 0.5) is 5.69 Å². The predicted octanol–water partition coefficient (Wildman–Crippen LogP) is 4.49. The number of hydrogen-bond donors (Lipinski definition) is 1. The first-order valence-corrected chi connectivity index (χ1v) is 14.4. The van der Waals surface area contributed by atoms with Gasteiger partial charge < -0.3 is 10.2 Å². The fourth-order valence-corrected chi connectivity index (χ4v) is 5.19. The first-order valence-electron chi connectivity index (χ1n) is 12.5. The molecule has 0 aliphatic heterocycles. The molecule has 0 saturated carbocycles. The van der Waals surface area contributed by atoms with E-state index in [9.17, 15) is 18.0 Å². The van der Waals surface area contributed by atoms with Crippen molar-refractivity contribution in [1.29, 1.82) is 0 Å². The van der Waals surface area contributed by atoms with Crippen molar-refractivity contribution in [3.8, 4) is 0 Å². The van der Waals surface area contributed by atoms with Crippen LogP contribution in [0.3, 0.4) is 0 Å². The van der Waals surface area contributed by atoms with E-state index in [1.54, 1.807) is 11.0 Å². The molecule has 2 aromatic carbocycles. The van der Waals surface area contributed by atoms with Crippen LogP contribution in [0.5, 0.6) is 0 Å². The Labute approximate surface area is 216 Å². The average molecular weight is 516 g/mol. The summed E-state index contributed by atoms with van der Waals surface area (Å²) in [4.78, 5) is 28.1. The Kier molecular flexibility index (Phi) is 10.5. The highest BCUT2D eigenvalue weighted by Crippen LogP contribution is 2.25. The summed E-state index contributed by atoms with van der Waals surface area (Å²) < 4.78 is 26.6. The summed E-state index contributed by atoms with van der Waals surface area (Å²) in [5.74, 6) is -0.350. The van der Waals surface area contributed by atoms with Gasteiger partial charge in [0, 0.05) is 25.6 Å². The largest absolute Gasteiger partial charge is 0.352 e. The number of hydrogen-bond acceptors (Lipinski definition) is 4. The fourth-order valence-electron chi connectivity index (χ4n) is 4.18. The van der Waals surface area contributed by atoms with Crippen LogP contribution in [0.25, 0.3) is 0 Å². The standard InChI is InChI=1S/C28H41N3O4S/c1-8-25(28(33)29-20(2)3)30(19-24-16-14-21(4)15-17-24)27(32)13-10-18-31(36(7,34)35)26-12-9-11-22(5)23(26)6/h9,11-12,14-17,20,25H,8,10,13,18-19H2,1-7H3,(H,29,33)/t25-/m1/s1. The molecular weight excluding hydrogens is 474 g/mol. The maximum atomic E-state index is 13.5. The number of rotatable bonds is 12. The zero-order valence-corrected chi connectivity index (χ0v) is 23.5. The van der Waals surface area contributed by atoms with E-state index >= 15 is 0 Å². The van der Waals surface area contributed by atoms with Gasteiger partial charge >= 0.3 is 0 Å². The molecule has 8 heteroatoms. The summed E-state index contributed by atoms with van der Waals surface area (Å²) in [6.07, 6.45) is 2.14. The van der Waals surface area contributed by atoms with E-state index < -0.39 is 16.1 Å². The summed E-state index contributed by atoms with van der Waals surface area (Å²) in [6, 6.07) is 12.8. The van der Waals surface area contributed by atoms with Gasteiger partial charge in [0.1, 0.15) is 6.04 Å². The lowest BCUT2D eigenvalue weighted by Crippen LogP contribution is -2.50. The molecule has 2 amide bonds. The van der Waals surface area contributed by atoms with Crippen molar-refractivity contribution in [2.75, 3.05) is 17.1 Å². The van der Waals surface area contributed by atoms with Crippen LogP contribution in [0.15, 0.2) is 42.5 Å². The Balaban J connectivity index is 2.24. The van der Waals surface area contributed by atoms with Crippen LogP contribution in [-0.4, -0.2) is 50.0 Å². The van der Waals surface area contributed by atoms with Crippen molar-refractivity contribution in [3.63, 3.8) is 0 Å². The predicted molar refractivity (Wildman–Crippen MR) is 146 cm³/mol. The first kappa shape index (κ1) is 29.4. The third-order valence-electron chi connectivity index (χ3n) is 6.29. The Hall–Kier alpha value is -2.87. The lowest BCUT2D eigenvalue weighted by molar-refractivity contribution is -0.141. The minimum Gasteiger partial charge on any atom is -0.352 e. The van der Waals surface area contributed by atoms with E-state index in [1.165, 1.54) is 10.6 Å². The number of carbonyl (C=O) groups excluding carboxylic acids is 2.